The average molecular weight is 556 g/mol. The number of aryl methyl sites for hydroxylation is 1. The third kappa shape index (κ3) is 7.93. The summed E-state index contributed by atoms with van der Waals surface area (Å²) in [6, 6.07) is -0.953. The molecule has 39 heavy (non-hydrogen) atoms. The van der Waals surface area contributed by atoms with Crippen molar-refractivity contribution in [3.8, 4) is 5.75 Å². The summed E-state index contributed by atoms with van der Waals surface area (Å²) in [5.74, 6) is -10.1. The highest BCUT2D eigenvalue weighted by Gasteiger charge is 2.33. The zero-order chi connectivity index (χ0) is 28.7. The fourth-order valence-electron chi connectivity index (χ4n) is 4.80. The first-order valence-electron chi connectivity index (χ1n) is 12.9. The van der Waals surface area contributed by atoms with Crippen LogP contribution in [0, 0.1) is 36.2 Å². The van der Waals surface area contributed by atoms with Crippen LogP contribution in [0.5, 0.6) is 5.75 Å². The van der Waals surface area contributed by atoms with Crippen LogP contribution in [0.3, 0.4) is 0 Å². The van der Waals surface area contributed by atoms with Gasteiger partial charge in [0.25, 0.3) is 0 Å². The van der Waals surface area contributed by atoms with Gasteiger partial charge in [-0.3, -0.25) is 24.0 Å². The second-order valence-corrected chi connectivity index (χ2v) is 9.97. The SMILES string of the molecule is Cc1cc(F)c(F)c(OCC(=O)[C@H](CC(=O)O)NC(=O)C2CCN(C(=O)C(=O)NCC3CCCC3)CC2)c1F. The standard InChI is InChI=1S/C26H32F3N3O7/c1-14-10-17(27)22(29)23(21(14)28)39-13-19(33)18(11-20(34)35)31-24(36)16-6-8-32(9-7-16)26(38)25(37)30-12-15-4-2-3-5-15/h10,15-16,18H,2-9,11-13H2,1H3,(H,30,37)(H,31,36)(H,34,35)/t18-/m0/s1. The Morgan fingerprint density at radius 2 is 1.69 bits per heavy atom. The number of carboxylic acids is 1. The number of hydrogen-bond acceptors (Lipinski definition) is 6. The molecule has 0 spiro atoms. The summed E-state index contributed by atoms with van der Waals surface area (Å²) in [6.45, 7) is 0.835. The number of nitrogens with one attached hydrogen (secondary N) is 2. The zero-order valence-electron chi connectivity index (χ0n) is 21.6. The fraction of sp³-hybridized carbons (Fsp3) is 0.577. The molecule has 0 radical (unpaired) electrons. The molecule has 3 amide bonds. The maximum atomic E-state index is 14.1. The van der Waals surface area contributed by atoms with Crippen molar-refractivity contribution in [2.24, 2.45) is 11.8 Å². The van der Waals surface area contributed by atoms with Gasteiger partial charge in [-0.15, -0.1) is 0 Å². The highest BCUT2D eigenvalue weighted by molar-refractivity contribution is 6.35. The van der Waals surface area contributed by atoms with Crippen molar-refractivity contribution in [1.29, 1.82) is 0 Å². The van der Waals surface area contributed by atoms with Crippen LogP contribution >= 0.6 is 0 Å². The van der Waals surface area contributed by atoms with Gasteiger partial charge < -0.3 is 25.4 Å². The third-order valence-corrected chi connectivity index (χ3v) is 7.11. The summed E-state index contributed by atoms with van der Waals surface area (Å²) in [6.07, 6.45) is 3.79. The highest BCUT2D eigenvalue weighted by atomic mass is 19.2. The summed E-state index contributed by atoms with van der Waals surface area (Å²) in [7, 11) is 0. The van der Waals surface area contributed by atoms with Crippen LogP contribution in [-0.4, -0.2) is 71.8 Å². The molecule has 1 aliphatic carbocycles. The molecule has 2 aliphatic rings. The molecule has 214 valence electrons. The van der Waals surface area contributed by atoms with Crippen LogP contribution in [-0.2, 0) is 24.0 Å². The molecule has 3 rings (SSSR count). The van der Waals surface area contributed by atoms with E-state index < -0.39 is 77.7 Å². The number of hydrogen-bond donors (Lipinski definition) is 3. The van der Waals surface area contributed by atoms with Gasteiger partial charge in [0.15, 0.2) is 23.2 Å². The highest BCUT2D eigenvalue weighted by Crippen LogP contribution is 2.27. The second kappa shape index (κ2) is 13.4. The molecule has 3 N–H and O–H groups in total. The number of carbonyl (C=O) groups excluding carboxylic acids is 4. The van der Waals surface area contributed by atoms with E-state index in [1.165, 1.54) is 11.8 Å². The average Bonchev–Trinajstić information content (AvgIpc) is 3.43. The monoisotopic (exact) mass is 555 g/mol. The van der Waals surface area contributed by atoms with Gasteiger partial charge in [0.1, 0.15) is 12.6 Å². The van der Waals surface area contributed by atoms with E-state index in [0.29, 0.717) is 18.5 Å². The van der Waals surface area contributed by atoms with Crippen molar-refractivity contribution in [2.45, 2.75) is 57.9 Å². The predicted molar refractivity (Wildman–Crippen MR) is 130 cm³/mol. The lowest BCUT2D eigenvalue weighted by atomic mass is 9.95. The molecule has 2 fully saturated rings. The summed E-state index contributed by atoms with van der Waals surface area (Å²) in [5.41, 5.74) is -0.261. The van der Waals surface area contributed by atoms with Crippen molar-refractivity contribution in [3.63, 3.8) is 0 Å². The number of benzene rings is 1. The minimum Gasteiger partial charge on any atom is -0.481 e. The first kappa shape index (κ1) is 29.9. The van der Waals surface area contributed by atoms with Gasteiger partial charge >= 0.3 is 17.8 Å². The van der Waals surface area contributed by atoms with Gasteiger partial charge in [0.2, 0.25) is 11.7 Å². The van der Waals surface area contributed by atoms with Gasteiger partial charge in [-0.25, -0.2) is 8.78 Å². The van der Waals surface area contributed by atoms with Crippen molar-refractivity contribution in [1.82, 2.24) is 15.5 Å². The molecule has 13 heteroatoms. The Morgan fingerprint density at radius 1 is 1.05 bits per heavy atom. The number of amides is 3. The van der Waals surface area contributed by atoms with Crippen LogP contribution < -0.4 is 15.4 Å². The minimum absolute atomic E-state index is 0.117. The smallest absolute Gasteiger partial charge is 0.311 e. The first-order chi connectivity index (χ1) is 18.5. The van der Waals surface area contributed by atoms with Gasteiger partial charge in [-0.1, -0.05) is 12.8 Å². The van der Waals surface area contributed by atoms with Crippen molar-refractivity contribution in [3.05, 3.63) is 29.1 Å². The fourth-order valence-corrected chi connectivity index (χ4v) is 4.80. The number of carbonyl (C=O) groups is 5. The Labute approximate surface area is 223 Å². The van der Waals surface area contributed by atoms with Crippen molar-refractivity contribution < 1.29 is 47.0 Å². The van der Waals surface area contributed by atoms with Gasteiger partial charge in [0.05, 0.1) is 6.42 Å². The van der Waals surface area contributed by atoms with E-state index in [1.807, 2.05) is 0 Å². The Morgan fingerprint density at radius 3 is 2.31 bits per heavy atom. The van der Waals surface area contributed by atoms with Crippen LogP contribution in [0.1, 0.15) is 50.5 Å². The number of Topliss-reactive ketones (excluding diaryl/α,β-unsaturated/α-hetero) is 1. The molecular weight excluding hydrogens is 523 g/mol. The van der Waals surface area contributed by atoms with Crippen LogP contribution in [0.2, 0.25) is 0 Å². The molecule has 1 saturated heterocycles. The number of likely N-dealkylation sites (tertiary alicyclic amines) is 1. The predicted octanol–water partition coefficient (Wildman–Crippen LogP) is 1.86. The Kier molecular flexibility index (Phi) is 10.3. The second-order valence-electron chi connectivity index (χ2n) is 9.97. The van der Waals surface area contributed by atoms with E-state index in [1.54, 1.807) is 0 Å². The normalized spacial score (nSPS) is 17.0. The lowest BCUT2D eigenvalue weighted by Gasteiger charge is -2.31. The summed E-state index contributed by atoms with van der Waals surface area (Å²) < 4.78 is 46.5. The van der Waals surface area contributed by atoms with Crippen molar-refractivity contribution in [2.75, 3.05) is 26.2 Å². The molecule has 1 aliphatic heterocycles. The maximum absolute atomic E-state index is 14.1. The molecule has 0 unspecified atom stereocenters. The molecule has 1 aromatic carbocycles. The molecule has 10 nitrogen and oxygen atoms in total. The number of piperidine rings is 1. The van der Waals surface area contributed by atoms with Crippen molar-refractivity contribution >= 4 is 29.5 Å². The topological polar surface area (TPSA) is 142 Å². The Bertz CT molecular complexity index is 1090. The molecule has 0 bridgehead atoms. The van der Waals surface area contributed by atoms with E-state index in [4.69, 9.17) is 9.84 Å². The number of rotatable bonds is 10. The zero-order valence-corrected chi connectivity index (χ0v) is 21.6. The molecule has 1 aromatic rings. The number of nitrogens with zero attached hydrogens (tertiary/aromatic N) is 1. The van der Waals surface area contributed by atoms with Gasteiger partial charge in [-0.2, -0.15) is 4.39 Å². The summed E-state index contributed by atoms with van der Waals surface area (Å²) in [4.78, 5) is 62.7. The number of ether oxygens (including phenoxy) is 1. The quantitative estimate of drug-likeness (QED) is 0.296. The Balaban J connectivity index is 1.52. The molecule has 1 heterocycles. The number of aliphatic carboxylic acids is 1. The Hall–Kier alpha value is -3.64. The van der Waals surface area contributed by atoms with Gasteiger partial charge in [0, 0.05) is 25.6 Å². The van der Waals surface area contributed by atoms with Crippen LogP contribution in [0.15, 0.2) is 6.07 Å². The van der Waals surface area contributed by atoms with Crippen LogP contribution in [0.4, 0.5) is 13.2 Å². The minimum atomic E-state index is -1.64. The lowest BCUT2D eigenvalue weighted by molar-refractivity contribution is -0.147. The van der Waals surface area contributed by atoms with Gasteiger partial charge in [-0.05, 0) is 50.2 Å². The first-order valence-corrected chi connectivity index (χ1v) is 12.9. The third-order valence-electron chi connectivity index (χ3n) is 7.11. The van der Waals surface area contributed by atoms with E-state index in [0.717, 1.165) is 25.7 Å². The lowest BCUT2D eigenvalue weighted by Crippen LogP contribution is -2.51. The van der Waals surface area contributed by atoms with E-state index in [2.05, 4.69) is 10.6 Å². The van der Waals surface area contributed by atoms with E-state index in [9.17, 15) is 37.1 Å². The summed E-state index contributed by atoms with van der Waals surface area (Å²) in [5, 5.41) is 14.2. The molecule has 1 saturated carbocycles. The van der Waals surface area contributed by atoms with E-state index in [-0.39, 0.29) is 31.5 Å². The maximum Gasteiger partial charge on any atom is 0.311 e. The largest absolute Gasteiger partial charge is 0.481 e. The number of halogens is 3. The molecule has 1 atom stereocenters. The number of ketones is 1. The molecule has 0 aromatic heterocycles. The number of carboxylic acid groups (broad SMARTS) is 1. The summed E-state index contributed by atoms with van der Waals surface area (Å²) >= 11 is 0. The van der Waals surface area contributed by atoms with Crippen LogP contribution in [0.25, 0.3) is 0 Å². The molecular formula is C26H32F3N3O7. The van der Waals surface area contributed by atoms with E-state index >= 15 is 0 Å².